The molecule has 0 bridgehead atoms. The second-order valence-corrected chi connectivity index (χ2v) is 2.99. The van der Waals surface area contributed by atoms with Crippen LogP contribution in [0.1, 0.15) is 21.5 Å². The Kier molecular flexibility index (Phi) is 5.05. The van der Waals surface area contributed by atoms with Crippen LogP contribution in [0.2, 0.25) is 0 Å². The maximum Gasteiger partial charge on any atom is 1.00 e. The van der Waals surface area contributed by atoms with Crippen molar-refractivity contribution in [1.82, 2.24) is 0 Å². The second-order valence-electron chi connectivity index (χ2n) is 2.99. The molecule has 4 heteroatoms. The molecular weight excluding hydrogens is 191 g/mol. The van der Waals surface area contributed by atoms with Crippen LogP contribution < -0.4 is 34.7 Å². The number of hydrogen-bond acceptors (Lipinski definition) is 3. The molecule has 0 unspecified atom stereocenters. The van der Waals surface area contributed by atoms with E-state index < -0.39 is 11.8 Å². The van der Waals surface area contributed by atoms with Crippen LogP contribution in [-0.4, -0.2) is 11.8 Å². The first-order valence-electron chi connectivity index (χ1n) is 3.84. The zero-order chi connectivity index (χ0) is 10.0. The maximum absolute atomic E-state index is 11.0. The zero-order valence-corrected chi connectivity index (χ0v) is 10.5. The number of carbonyl (C=O) groups excluding carboxylic acids is 2. The number of carboxylic acids is 1. The number of hydrogen-bond donors (Lipinski definition) is 0. The van der Waals surface area contributed by atoms with Gasteiger partial charge >= 0.3 is 29.6 Å². The van der Waals surface area contributed by atoms with E-state index in [1.807, 2.05) is 6.07 Å². The van der Waals surface area contributed by atoms with E-state index >= 15 is 0 Å². The van der Waals surface area contributed by atoms with Crippen LogP contribution in [0.3, 0.4) is 0 Å². The molecular formula is C10H9NaO3. The van der Waals surface area contributed by atoms with Gasteiger partial charge in [-0.25, -0.2) is 0 Å². The summed E-state index contributed by atoms with van der Waals surface area (Å²) in [6.07, 6.45) is 0. The van der Waals surface area contributed by atoms with Crippen molar-refractivity contribution in [3.05, 3.63) is 34.9 Å². The van der Waals surface area contributed by atoms with E-state index in [-0.39, 0.29) is 35.1 Å². The summed E-state index contributed by atoms with van der Waals surface area (Å²) in [7, 11) is 0. The second kappa shape index (κ2) is 5.29. The number of ketones is 1. The topological polar surface area (TPSA) is 57.2 Å². The fourth-order valence-corrected chi connectivity index (χ4v) is 1.22. The number of aliphatic carboxylic acids is 1. The molecule has 0 fully saturated rings. The molecule has 1 aromatic rings. The summed E-state index contributed by atoms with van der Waals surface area (Å²) in [6, 6.07) is 4.93. The molecule has 0 aliphatic rings. The minimum Gasteiger partial charge on any atom is -0.541 e. The molecule has 0 aromatic heterocycles. The minimum atomic E-state index is -1.66. The summed E-state index contributed by atoms with van der Waals surface area (Å²) in [5.41, 5.74) is 1.91. The largest absolute Gasteiger partial charge is 1.00 e. The van der Waals surface area contributed by atoms with E-state index in [9.17, 15) is 14.7 Å². The van der Waals surface area contributed by atoms with Crippen molar-refractivity contribution in [2.24, 2.45) is 0 Å². The van der Waals surface area contributed by atoms with Crippen molar-refractivity contribution in [2.75, 3.05) is 0 Å². The number of Topliss-reactive ketones (excluding diaryl/α,β-unsaturated/α-hetero) is 1. The van der Waals surface area contributed by atoms with Crippen molar-refractivity contribution in [2.45, 2.75) is 13.8 Å². The molecule has 0 aliphatic heterocycles. The molecule has 0 saturated heterocycles. The van der Waals surface area contributed by atoms with Gasteiger partial charge in [-0.3, -0.25) is 4.79 Å². The van der Waals surface area contributed by atoms with Gasteiger partial charge in [-0.05, 0) is 26.0 Å². The van der Waals surface area contributed by atoms with Crippen LogP contribution in [0.4, 0.5) is 0 Å². The number of aryl methyl sites for hydroxylation is 2. The number of carbonyl (C=O) groups is 2. The Bertz CT molecular complexity index is 351. The Labute approximate surface area is 104 Å². The van der Waals surface area contributed by atoms with Gasteiger partial charge in [0.15, 0.2) is 0 Å². The predicted molar refractivity (Wildman–Crippen MR) is 45.3 cm³/mol. The number of carboxylic acid groups (broad SMARTS) is 1. The molecule has 0 aliphatic carbocycles. The molecule has 68 valence electrons. The average molecular weight is 200 g/mol. The first-order valence-corrected chi connectivity index (χ1v) is 3.84. The summed E-state index contributed by atoms with van der Waals surface area (Å²) in [5, 5.41) is 10.3. The smallest absolute Gasteiger partial charge is 0.541 e. The predicted octanol–water partition coefficient (Wildman–Crippen LogP) is -2.76. The maximum atomic E-state index is 11.0. The Morgan fingerprint density at radius 3 is 1.86 bits per heavy atom. The fraction of sp³-hybridized carbons (Fsp3) is 0.200. The van der Waals surface area contributed by atoms with Gasteiger partial charge < -0.3 is 9.90 Å². The van der Waals surface area contributed by atoms with Crippen molar-refractivity contribution < 1.29 is 44.3 Å². The first-order chi connectivity index (χ1) is 6.00. The van der Waals surface area contributed by atoms with Crippen LogP contribution in [0.25, 0.3) is 0 Å². The van der Waals surface area contributed by atoms with Gasteiger partial charge in [0.2, 0.25) is 5.78 Å². The summed E-state index contributed by atoms with van der Waals surface area (Å²) < 4.78 is 0. The van der Waals surface area contributed by atoms with E-state index in [4.69, 9.17) is 0 Å². The summed E-state index contributed by atoms with van der Waals surface area (Å²) in [6.45, 7) is 3.61. The SMILES string of the molecule is Cc1cc(C)cc(C(=O)C(=O)[O-])c1.[Na+]. The van der Waals surface area contributed by atoms with Crippen molar-refractivity contribution in [3.8, 4) is 0 Å². The molecule has 0 atom stereocenters. The molecule has 0 spiro atoms. The van der Waals surface area contributed by atoms with E-state index in [2.05, 4.69) is 0 Å². The van der Waals surface area contributed by atoms with Gasteiger partial charge in [0.25, 0.3) is 0 Å². The van der Waals surface area contributed by atoms with Crippen molar-refractivity contribution >= 4 is 11.8 Å². The van der Waals surface area contributed by atoms with Gasteiger partial charge in [-0.15, -0.1) is 0 Å². The number of benzene rings is 1. The molecule has 0 N–H and O–H groups in total. The Morgan fingerprint density at radius 1 is 1.07 bits per heavy atom. The van der Waals surface area contributed by atoms with Gasteiger partial charge in [-0.2, -0.15) is 0 Å². The van der Waals surface area contributed by atoms with Gasteiger partial charge in [0, 0.05) is 5.56 Å². The quantitative estimate of drug-likeness (QED) is 0.295. The molecule has 14 heavy (non-hydrogen) atoms. The van der Waals surface area contributed by atoms with Crippen LogP contribution in [0.5, 0.6) is 0 Å². The third kappa shape index (κ3) is 3.25. The normalized spacial score (nSPS) is 9.00. The van der Waals surface area contributed by atoms with E-state index in [0.717, 1.165) is 11.1 Å². The monoisotopic (exact) mass is 200 g/mol. The van der Waals surface area contributed by atoms with E-state index in [1.165, 1.54) is 12.1 Å². The molecule has 1 rings (SSSR count). The standard InChI is InChI=1S/C10H10O3.Na/c1-6-3-7(2)5-8(4-6)9(11)10(12)13;/h3-5H,1-2H3,(H,12,13);/q;+1/p-1. The summed E-state index contributed by atoms with van der Waals surface area (Å²) >= 11 is 0. The first kappa shape index (κ1) is 13.4. The Balaban J connectivity index is 0.00000169. The molecule has 0 heterocycles. The summed E-state index contributed by atoms with van der Waals surface area (Å²) in [5.74, 6) is -2.63. The molecule has 0 amide bonds. The van der Waals surface area contributed by atoms with Crippen LogP contribution in [0.15, 0.2) is 18.2 Å². The van der Waals surface area contributed by atoms with Gasteiger partial charge in [0.1, 0.15) is 5.97 Å². The van der Waals surface area contributed by atoms with E-state index in [0.29, 0.717) is 0 Å². The molecule has 0 radical (unpaired) electrons. The van der Waals surface area contributed by atoms with Gasteiger partial charge in [0.05, 0.1) is 0 Å². The average Bonchev–Trinajstić information content (AvgIpc) is 2.01. The number of rotatable bonds is 2. The van der Waals surface area contributed by atoms with Crippen molar-refractivity contribution in [3.63, 3.8) is 0 Å². The Morgan fingerprint density at radius 2 is 1.50 bits per heavy atom. The van der Waals surface area contributed by atoms with Crippen LogP contribution >= 0.6 is 0 Å². The van der Waals surface area contributed by atoms with Crippen molar-refractivity contribution in [1.29, 1.82) is 0 Å². The van der Waals surface area contributed by atoms with Crippen LogP contribution in [0, 0.1) is 13.8 Å². The molecule has 0 saturated carbocycles. The molecule has 3 nitrogen and oxygen atoms in total. The van der Waals surface area contributed by atoms with E-state index in [1.54, 1.807) is 13.8 Å². The molecule has 1 aromatic carbocycles. The minimum absolute atomic E-state index is 0. The zero-order valence-electron chi connectivity index (χ0n) is 8.46. The van der Waals surface area contributed by atoms with Crippen LogP contribution in [-0.2, 0) is 4.79 Å². The summed E-state index contributed by atoms with van der Waals surface area (Å²) in [4.78, 5) is 21.2. The van der Waals surface area contributed by atoms with Gasteiger partial charge in [-0.1, -0.05) is 17.2 Å². The third-order valence-corrected chi connectivity index (χ3v) is 1.67. The Hall–Kier alpha value is -0.640. The third-order valence-electron chi connectivity index (χ3n) is 1.67. The fourth-order valence-electron chi connectivity index (χ4n) is 1.22.